The molecule has 1 aliphatic carbocycles. The Bertz CT molecular complexity index is 413. The molecule has 2 nitrogen and oxygen atoms in total. The number of benzene rings is 1. The van der Waals surface area contributed by atoms with Crippen LogP contribution in [0.15, 0.2) is 18.2 Å². The lowest BCUT2D eigenvalue weighted by Crippen LogP contribution is -2.31. The zero-order chi connectivity index (χ0) is 12.4. The molecule has 0 saturated heterocycles. The molecule has 0 bridgehead atoms. The van der Waals surface area contributed by atoms with Gasteiger partial charge in [0.05, 0.1) is 6.10 Å². The first-order valence-corrected chi connectivity index (χ1v) is 7.29. The number of aryl methyl sites for hydroxylation is 1. The summed E-state index contributed by atoms with van der Waals surface area (Å²) in [6.45, 7) is 0. The van der Waals surface area contributed by atoms with Gasteiger partial charge >= 0.3 is 0 Å². The van der Waals surface area contributed by atoms with Crippen molar-refractivity contribution in [2.24, 2.45) is 0 Å². The third kappa shape index (κ3) is 2.81. The van der Waals surface area contributed by atoms with Gasteiger partial charge in [0.1, 0.15) is 5.75 Å². The van der Waals surface area contributed by atoms with Crippen LogP contribution in [0.3, 0.4) is 0 Å². The molecule has 1 unspecified atom stereocenters. The maximum absolute atomic E-state index is 6.06. The molecule has 1 aromatic rings. The Morgan fingerprint density at radius 3 is 2.78 bits per heavy atom. The van der Waals surface area contributed by atoms with Crippen LogP contribution in [-0.2, 0) is 11.2 Å². The topological polar surface area (TPSA) is 18.5 Å². The number of ether oxygens (including phenoxy) is 2. The van der Waals surface area contributed by atoms with E-state index >= 15 is 0 Å². The SMILES string of the molecule is Clc1ccc2c(c1)CCC(OC1CCCCC1)O2. The van der Waals surface area contributed by atoms with E-state index in [0.717, 1.165) is 23.6 Å². The monoisotopic (exact) mass is 266 g/mol. The zero-order valence-electron chi connectivity index (χ0n) is 10.5. The highest BCUT2D eigenvalue weighted by molar-refractivity contribution is 6.30. The van der Waals surface area contributed by atoms with Crippen LogP contribution in [0.1, 0.15) is 44.1 Å². The van der Waals surface area contributed by atoms with E-state index in [0.29, 0.717) is 6.10 Å². The molecule has 1 saturated carbocycles. The van der Waals surface area contributed by atoms with Gasteiger partial charge in [0.2, 0.25) is 0 Å². The van der Waals surface area contributed by atoms with Crippen molar-refractivity contribution in [3.05, 3.63) is 28.8 Å². The summed E-state index contributed by atoms with van der Waals surface area (Å²) in [4.78, 5) is 0. The van der Waals surface area contributed by atoms with Crippen LogP contribution in [-0.4, -0.2) is 12.4 Å². The van der Waals surface area contributed by atoms with Crippen molar-refractivity contribution in [2.45, 2.75) is 57.3 Å². The normalized spacial score (nSPS) is 24.4. The van der Waals surface area contributed by atoms with Crippen LogP contribution in [0.25, 0.3) is 0 Å². The van der Waals surface area contributed by atoms with Crippen molar-refractivity contribution >= 4 is 11.6 Å². The molecule has 3 rings (SSSR count). The van der Waals surface area contributed by atoms with Crippen molar-refractivity contribution in [3.8, 4) is 5.75 Å². The van der Waals surface area contributed by atoms with Gasteiger partial charge in [0.25, 0.3) is 0 Å². The average molecular weight is 267 g/mol. The van der Waals surface area contributed by atoms with Crippen molar-refractivity contribution < 1.29 is 9.47 Å². The second kappa shape index (κ2) is 5.50. The van der Waals surface area contributed by atoms with Gasteiger partial charge in [-0.3, -0.25) is 0 Å². The summed E-state index contributed by atoms with van der Waals surface area (Å²) >= 11 is 5.98. The summed E-state index contributed by atoms with van der Waals surface area (Å²) in [5.41, 5.74) is 1.20. The van der Waals surface area contributed by atoms with E-state index in [9.17, 15) is 0 Å². The van der Waals surface area contributed by atoms with E-state index in [-0.39, 0.29) is 6.29 Å². The van der Waals surface area contributed by atoms with Crippen molar-refractivity contribution in [1.29, 1.82) is 0 Å². The molecule has 0 aromatic heterocycles. The van der Waals surface area contributed by atoms with E-state index in [4.69, 9.17) is 21.1 Å². The van der Waals surface area contributed by atoms with Crippen LogP contribution >= 0.6 is 11.6 Å². The minimum absolute atomic E-state index is 0.0678. The van der Waals surface area contributed by atoms with Gasteiger partial charge in [-0.1, -0.05) is 30.9 Å². The summed E-state index contributed by atoms with van der Waals surface area (Å²) in [5, 5.41) is 0.781. The van der Waals surface area contributed by atoms with E-state index in [1.165, 1.54) is 37.7 Å². The summed E-state index contributed by atoms with van der Waals surface area (Å²) in [5.74, 6) is 0.937. The lowest BCUT2D eigenvalue weighted by Gasteiger charge is -2.31. The summed E-state index contributed by atoms with van der Waals surface area (Å²) in [7, 11) is 0. The van der Waals surface area contributed by atoms with Crippen LogP contribution in [0, 0.1) is 0 Å². The fourth-order valence-electron chi connectivity index (χ4n) is 2.84. The molecule has 1 atom stereocenters. The van der Waals surface area contributed by atoms with Gasteiger partial charge in [-0.25, -0.2) is 0 Å². The van der Waals surface area contributed by atoms with E-state index < -0.39 is 0 Å². The molecule has 3 heteroatoms. The Labute approximate surface area is 113 Å². The predicted molar refractivity (Wildman–Crippen MR) is 72.1 cm³/mol. The highest BCUT2D eigenvalue weighted by Gasteiger charge is 2.24. The first-order chi connectivity index (χ1) is 8.81. The fraction of sp³-hybridized carbons (Fsp3) is 0.600. The lowest BCUT2D eigenvalue weighted by molar-refractivity contribution is -0.136. The molecule has 1 aliphatic heterocycles. The Morgan fingerprint density at radius 1 is 1.11 bits per heavy atom. The van der Waals surface area contributed by atoms with E-state index in [1.54, 1.807) is 0 Å². The smallest absolute Gasteiger partial charge is 0.200 e. The first kappa shape index (κ1) is 12.3. The van der Waals surface area contributed by atoms with Gasteiger partial charge in [0, 0.05) is 11.4 Å². The molecule has 0 spiro atoms. The molecule has 98 valence electrons. The third-order valence-corrected chi connectivity index (χ3v) is 4.06. The fourth-order valence-corrected chi connectivity index (χ4v) is 3.04. The molecular formula is C15H19ClO2. The van der Waals surface area contributed by atoms with Crippen molar-refractivity contribution in [3.63, 3.8) is 0 Å². The second-order valence-corrected chi connectivity index (χ2v) is 5.67. The highest BCUT2D eigenvalue weighted by Crippen LogP contribution is 2.32. The number of fused-ring (bicyclic) bond motifs is 1. The largest absolute Gasteiger partial charge is 0.465 e. The van der Waals surface area contributed by atoms with Gasteiger partial charge in [-0.2, -0.15) is 0 Å². The molecular weight excluding hydrogens is 248 g/mol. The number of hydrogen-bond acceptors (Lipinski definition) is 2. The molecule has 1 heterocycles. The second-order valence-electron chi connectivity index (χ2n) is 5.23. The summed E-state index contributed by atoms with van der Waals surface area (Å²) in [6.07, 6.45) is 8.58. The molecule has 0 radical (unpaired) electrons. The van der Waals surface area contributed by atoms with Crippen LogP contribution in [0.2, 0.25) is 5.02 Å². The van der Waals surface area contributed by atoms with Crippen molar-refractivity contribution in [1.82, 2.24) is 0 Å². The summed E-state index contributed by atoms with van der Waals surface area (Å²) in [6, 6.07) is 5.82. The van der Waals surface area contributed by atoms with E-state index in [1.807, 2.05) is 18.2 Å². The Kier molecular flexibility index (Phi) is 3.76. The minimum Gasteiger partial charge on any atom is -0.465 e. The molecule has 0 N–H and O–H groups in total. The Balaban J connectivity index is 1.62. The number of hydrogen-bond donors (Lipinski definition) is 0. The van der Waals surface area contributed by atoms with E-state index in [2.05, 4.69) is 0 Å². The predicted octanol–water partition coefficient (Wildman–Crippen LogP) is 4.34. The van der Waals surface area contributed by atoms with Gasteiger partial charge in [0.15, 0.2) is 6.29 Å². The molecule has 0 amide bonds. The van der Waals surface area contributed by atoms with Crippen LogP contribution < -0.4 is 4.74 Å². The zero-order valence-corrected chi connectivity index (χ0v) is 11.3. The standard InChI is InChI=1S/C15H19ClO2/c16-12-7-8-14-11(10-12)6-9-15(18-14)17-13-4-2-1-3-5-13/h7-8,10,13,15H,1-6,9H2. The maximum atomic E-state index is 6.06. The molecule has 1 aromatic carbocycles. The first-order valence-electron chi connectivity index (χ1n) is 6.92. The maximum Gasteiger partial charge on any atom is 0.200 e. The lowest BCUT2D eigenvalue weighted by atomic mass is 9.97. The van der Waals surface area contributed by atoms with Gasteiger partial charge < -0.3 is 9.47 Å². The quantitative estimate of drug-likeness (QED) is 0.793. The van der Waals surface area contributed by atoms with Crippen molar-refractivity contribution in [2.75, 3.05) is 0 Å². The average Bonchev–Trinajstić information content (AvgIpc) is 2.40. The Hall–Kier alpha value is -0.730. The third-order valence-electron chi connectivity index (χ3n) is 3.83. The highest BCUT2D eigenvalue weighted by atomic mass is 35.5. The number of rotatable bonds is 2. The van der Waals surface area contributed by atoms with Crippen LogP contribution in [0.4, 0.5) is 0 Å². The number of halogens is 1. The Morgan fingerprint density at radius 2 is 1.94 bits per heavy atom. The van der Waals surface area contributed by atoms with Gasteiger partial charge in [-0.15, -0.1) is 0 Å². The molecule has 1 fully saturated rings. The summed E-state index contributed by atoms with van der Waals surface area (Å²) < 4.78 is 12.0. The van der Waals surface area contributed by atoms with Crippen LogP contribution in [0.5, 0.6) is 5.75 Å². The molecule has 18 heavy (non-hydrogen) atoms. The molecule has 2 aliphatic rings. The van der Waals surface area contributed by atoms with Gasteiger partial charge in [-0.05, 0) is 43.0 Å². The minimum atomic E-state index is -0.0678.